The first-order valence-corrected chi connectivity index (χ1v) is 8.45. The van der Waals surface area contributed by atoms with E-state index in [0.717, 1.165) is 19.3 Å². The van der Waals surface area contributed by atoms with Gasteiger partial charge in [0.2, 0.25) is 0 Å². The zero-order valence-electron chi connectivity index (χ0n) is 13.1. The third kappa shape index (κ3) is 12.3. The minimum Gasteiger partial charge on any atom is -0.481 e. The van der Waals surface area contributed by atoms with Crippen molar-refractivity contribution in [2.75, 3.05) is 0 Å². The molecule has 1 N–H and O–H groups in total. The molecule has 0 radical (unpaired) electrons. The smallest absolute Gasteiger partial charge is 0.306 e. The number of unbranched alkanes of at least 4 members (excludes halogenated alkanes) is 10. The van der Waals surface area contributed by atoms with E-state index in [0.29, 0.717) is 0 Å². The van der Waals surface area contributed by atoms with Gasteiger partial charge >= 0.3 is 5.97 Å². The van der Waals surface area contributed by atoms with Crippen molar-refractivity contribution in [3.8, 4) is 0 Å². The number of hydrogen-bond donors (Lipinski definition) is 1. The number of rotatable bonds is 14. The second kappa shape index (κ2) is 13.9. The molecule has 2 heteroatoms. The fourth-order valence-electron chi connectivity index (χ4n) is 2.56. The Kier molecular flexibility index (Phi) is 13.5. The van der Waals surface area contributed by atoms with Crippen molar-refractivity contribution in [1.29, 1.82) is 0 Å². The van der Waals surface area contributed by atoms with Crippen LogP contribution in [0.3, 0.4) is 0 Å². The Hall–Kier alpha value is -0.530. The Labute approximate surface area is 120 Å². The van der Waals surface area contributed by atoms with Gasteiger partial charge in [-0.05, 0) is 12.8 Å². The van der Waals surface area contributed by atoms with Gasteiger partial charge in [0.15, 0.2) is 0 Å². The zero-order valence-corrected chi connectivity index (χ0v) is 13.1. The summed E-state index contributed by atoms with van der Waals surface area (Å²) in [7, 11) is 0. The molecule has 0 aromatic carbocycles. The highest BCUT2D eigenvalue weighted by molar-refractivity contribution is 5.69. The van der Waals surface area contributed by atoms with Crippen molar-refractivity contribution >= 4 is 5.97 Å². The van der Waals surface area contributed by atoms with Crippen LogP contribution in [0.4, 0.5) is 0 Å². The summed E-state index contributed by atoms with van der Waals surface area (Å²) in [5, 5.41) is 8.93. The zero-order chi connectivity index (χ0) is 14.3. The van der Waals surface area contributed by atoms with Crippen molar-refractivity contribution in [2.45, 2.75) is 97.3 Å². The van der Waals surface area contributed by atoms with Crippen LogP contribution >= 0.6 is 0 Å². The molecule has 0 aliphatic heterocycles. The first-order valence-electron chi connectivity index (χ1n) is 8.45. The molecule has 2 nitrogen and oxygen atoms in total. The van der Waals surface area contributed by atoms with E-state index >= 15 is 0 Å². The maximum atomic E-state index is 10.8. The summed E-state index contributed by atoms with van der Waals surface area (Å²) in [6.07, 6.45) is 16.2. The molecule has 1 atom stereocenters. The Bertz CT molecular complexity index is 201. The molecule has 0 heterocycles. The van der Waals surface area contributed by atoms with Crippen molar-refractivity contribution in [3.05, 3.63) is 0 Å². The number of hydrogen-bond acceptors (Lipinski definition) is 1. The molecule has 0 aliphatic rings. The molecule has 0 aromatic heterocycles. The van der Waals surface area contributed by atoms with Crippen LogP contribution in [0.2, 0.25) is 0 Å². The van der Waals surface area contributed by atoms with Gasteiger partial charge in [0.05, 0.1) is 5.92 Å². The topological polar surface area (TPSA) is 37.3 Å². The van der Waals surface area contributed by atoms with E-state index in [1.807, 2.05) is 6.92 Å². The molecule has 114 valence electrons. The highest BCUT2D eigenvalue weighted by atomic mass is 16.4. The molecular weight excluding hydrogens is 236 g/mol. The molecule has 1 unspecified atom stereocenters. The number of carbonyl (C=O) groups is 1. The van der Waals surface area contributed by atoms with Gasteiger partial charge in [0, 0.05) is 0 Å². The second-order valence-corrected chi connectivity index (χ2v) is 5.77. The van der Waals surface area contributed by atoms with Crippen LogP contribution in [0.5, 0.6) is 0 Å². The lowest BCUT2D eigenvalue weighted by molar-refractivity contribution is -0.142. The van der Waals surface area contributed by atoms with Gasteiger partial charge in [-0.25, -0.2) is 0 Å². The van der Waals surface area contributed by atoms with Crippen LogP contribution in [0.15, 0.2) is 0 Å². The van der Waals surface area contributed by atoms with Crippen LogP contribution < -0.4 is 0 Å². The highest BCUT2D eigenvalue weighted by Gasteiger charge is 2.13. The molecule has 0 aliphatic carbocycles. The second-order valence-electron chi connectivity index (χ2n) is 5.77. The van der Waals surface area contributed by atoms with Gasteiger partial charge in [-0.3, -0.25) is 4.79 Å². The van der Waals surface area contributed by atoms with E-state index in [-0.39, 0.29) is 5.92 Å². The molecule has 0 spiro atoms. The summed E-state index contributed by atoms with van der Waals surface area (Å²) in [6.45, 7) is 4.23. The van der Waals surface area contributed by atoms with Crippen molar-refractivity contribution in [1.82, 2.24) is 0 Å². The average Bonchev–Trinajstić information content (AvgIpc) is 2.40. The van der Waals surface area contributed by atoms with E-state index < -0.39 is 5.97 Å². The van der Waals surface area contributed by atoms with E-state index in [1.165, 1.54) is 64.2 Å². The van der Waals surface area contributed by atoms with Crippen molar-refractivity contribution in [2.24, 2.45) is 5.92 Å². The van der Waals surface area contributed by atoms with E-state index in [1.54, 1.807) is 0 Å². The molecule has 0 bridgehead atoms. The minimum absolute atomic E-state index is 0.112. The molecule has 19 heavy (non-hydrogen) atoms. The summed E-state index contributed by atoms with van der Waals surface area (Å²) in [5.41, 5.74) is 0. The SMILES string of the molecule is CCCCCCCCCCCCCC(CC)C(=O)O. The maximum absolute atomic E-state index is 10.8. The largest absolute Gasteiger partial charge is 0.481 e. The molecule has 0 amide bonds. The fourth-order valence-corrected chi connectivity index (χ4v) is 2.56. The Morgan fingerprint density at radius 3 is 1.58 bits per heavy atom. The first kappa shape index (κ1) is 18.5. The molecule has 0 saturated carbocycles. The van der Waals surface area contributed by atoms with Gasteiger partial charge in [-0.2, -0.15) is 0 Å². The lowest BCUT2D eigenvalue weighted by atomic mass is 9.98. The Balaban J connectivity index is 3.16. The molecule has 0 fully saturated rings. The van der Waals surface area contributed by atoms with Gasteiger partial charge in [0.1, 0.15) is 0 Å². The molecular formula is C17H34O2. The Morgan fingerprint density at radius 1 is 0.789 bits per heavy atom. The quantitative estimate of drug-likeness (QED) is 0.405. The van der Waals surface area contributed by atoms with E-state index in [2.05, 4.69) is 6.92 Å². The monoisotopic (exact) mass is 270 g/mol. The number of aliphatic carboxylic acids is 1. The van der Waals surface area contributed by atoms with Crippen LogP contribution in [-0.4, -0.2) is 11.1 Å². The minimum atomic E-state index is -0.616. The maximum Gasteiger partial charge on any atom is 0.306 e. The Morgan fingerprint density at radius 2 is 1.21 bits per heavy atom. The predicted octanol–water partition coefficient (Wildman–Crippen LogP) is 5.80. The van der Waals surface area contributed by atoms with Gasteiger partial charge in [0.25, 0.3) is 0 Å². The standard InChI is InChI=1S/C17H34O2/c1-3-5-6-7-8-9-10-11-12-13-14-15-16(4-2)17(18)19/h16H,3-15H2,1-2H3,(H,18,19). The normalized spacial score (nSPS) is 12.5. The lowest BCUT2D eigenvalue weighted by Crippen LogP contribution is -2.12. The summed E-state index contributed by atoms with van der Waals surface area (Å²) < 4.78 is 0. The molecule has 0 saturated heterocycles. The molecule has 0 aromatic rings. The summed E-state index contributed by atoms with van der Waals surface area (Å²) in [5.74, 6) is -0.729. The fraction of sp³-hybridized carbons (Fsp3) is 0.941. The van der Waals surface area contributed by atoms with E-state index in [9.17, 15) is 4.79 Å². The van der Waals surface area contributed by atoms with Crippen LogP contribution in [-0.2, 0) is 4.79 Å². The van der Waals surface area contributed by atoms with Crippen LogP contribution in [0, 0.1) is 5.92 Å². The predicted molar refractivity (Wildman–Crippen MR) is 82.5 cm³/mol. The first-order chi connectivity index (χ1) is 9.22. The third-order valence-electron chi connectivity index (χ3n) is 4.00. The van der Waals surface area contributed by atoms with Crippen molar-refractivity contribution in [3.63, 3.8) is 0 Å². The average molecular weight is 270 g/mol. The van der Waals surface area contributed by atoms with Crippen LogP contribution in [0.1, 0.15) is 97.3 Å². The summed E-state index contributed by atoms with van der Waals surface area (Å²) >= 11 is 0. The highest BCUT2D eigenvalue weighted by Crippen LogP contribution is 2.16. The third-order valence-corrected chi connectivity index (χ3v) is 4.00. The van der Waals surface area contributed by atoms with Gasteiger partial charge in [-0.15, -0.1) is 0 Å². The van der Waals surface area contributed by atoms with Gasteiger partial charge in [-0.1, -0.05) is 84.5 Å². The molecule has 0 rings (SSSR count). The van der Waals surface area contributed by atoms with Crippen LogP contribution in [0.25, 0.3) is 0 Å². The number of carboxylic acid groups (broad SMARTS) is 1. The van der Waals surface area contributed by atoms with Crippen molar-refractivity contribution < 1.29 is 9.90 Å². The summed E-state index contributed by atoms with van der Waals surface area (Å²) in [4.78, 5) is 10.8. The van der Waals surface area contributed by atoms with Gasteiger partial charge < -0.3 is 5.11 Å². The van der Waals surface area contributed by atoms with E-state index in [4.69, 9.17) is 5.11 Å². The lowest BCUT2D eigenvalue weighted by Gasteiger charge is -2.08. The summed E-state index contributed by atoms with van der Waals surface area (Å²) in [6, 6.07) is 0. The number of carboxylic acids is 1.